The molecule has 0 bridgehead atoms. The van der Waals surface area contributed by atoms with E-state index in [1.54, 1.807) is 25.6 Å². The number of carbonyl (C=O) groups excluding carboxylic acids is 1. The standard InChI is InChI=1S/C11H21NO3S/c1-8(2)5-16-6-9(13)12-7-11(3,4)10(14)15/h8H,5-7H2,1-4H3,(H,12,13)(H,14,15). The molecule has 0 radical (unpaired) electrons. The molecule has 0 spiro atoms. The van der Waals surface area contributed by atoms with Crippen LogP contribution in [0.25, 0.3) is 0 Å². The van der Waals surface area contributed by atoms with Gasteiger partial charge in [0.15, 0.2) is 0 Å². The Bertz CT molecular complexity index is 252. The number of nitrogens with one attached hydrogen (secondary N) is 1. The maximum Gasteiger partial charge on any atom is 0.310 e. The van der Waals surface area contributed by atoms with Crippen molar-refractivity contribution in [2.24, 2.45) is 11.3 Å². The van der Waals surface area contributed by atoms with Crippen LogP contribution in [0.5, 0.6) is 0 Å². The van der Waals surface area contributed by atoms with E-state index in [1.807, 2.05) is 0 Å². The quantitative estimate of drug-likeness (QED) is 0.717. The third-order valence-corrected chi connectivity index (χ3v) is 3.36. The number of amides is 1. The van der Waals surface area contributed by atoms with Crippen LogP contribution in [0, 0.1) is 11.3 Å². The van der Waals surface area contributed by atoms with Crippen LogP contribution in [-0.2, 0) is 9.59 Å². The summed E-state index contributed by atoms with van der Waals surface area (Å²) < 4.78 is 0. The first-order valence-corrected chi connectivity index (χ1v) is 6.49. The fraction of sp³-hybridized carbons (Fsp3) is 0.818. The Labute approximate surface area is 101 Å². The van der Waals surface area contributed by atoms with Crippen molar-refractivity contribution >= 4 is 23.6 Å². The minimum atomic E-state index is -0.904. The Morgan fingerprint density at radius 3 is 2.38 bits per heavy atom. The predicted molar refractivity (Wildman–Crippen MR) is 66.6 cm³/mol. The highest BCUT2D eigenvalue weighted by molar-refractivity contribution is 7.99. The lowest BCUT2D eigenvalue weighted by molar-refractivity contribution is -0.146. The second-order valence-electron chi connectivity index (χ2n) is 4.87. The molecule has 0 aromatic rings. The lowest BCUT2D eigenvalue weighted by Gasteiger charge is -2.19. The summed E-state index contributed by atoms with van der Waals surface area (Å²) in [4.78, 5) is 22.1. The lowest BCUT2D eigenvalue weighted by atomic mass is 9.94. The van der Waals surface area contributed by atoms with E-state index in [1.165, 1.54) is 0 Å². The molecule has 0 saturated heterocycles. The number of aliphatic carboxylic acids is 1. The van der Waals surface area contributed by atoms with Gasteiger partial charge in [-0.25, -0.2) is 0 Å². The summed E-state index contributed by atoms with van der Waals surface area (Å²) in [5.41, 5.74) is -0.904. The molecule has 0 heterocycles. The Balaban J connectivity index is 3.77. The molecule has 0 aliphatic heterocycles. The molecule has 4 nitrogen and oxygen atoms in total. The van der Waals surface area contributed by atoms with Crippen molar-refractivity contribution in [1.82, 2.24) is 5.32 Å². The molecular weight excluding hydrogens is 226 g/mol. The van der Waals surface area contributed by atoms with Gasteiger partial charge in [-0.1, -0.05) is 13.8 Å². The van der Waals surface area contributed by atoms with E-state index in [4.69, 9.17) is 5.11 Å². The van der Waals surface area contributed by atoms with Gasteiger partial charge < -0.3 is 10.4 Å². The van der Waals surface area contributed by atoms with Crippen LogP contribution in [0.3, 0.4) is 0 Å². The summed E-state index contributed by atoms with van der Waals surface area (Å²) in [5, 5.41) is 11.5. The fourth-order valence-electron chi connectivity index (χ4n) is 0.834. The van der Waals surface area contributed by atoms with Crippen molar-refractivity contribution in [3.05, 3.63) is 0 Å². The van der Waals surface area contributed by atoms with Crippen LogP contribution in [0.4, 0.5) is 0 Å². The average molecular weight is 247 g/mol. The second kappa shape index (κ2) is 6.78. The largest absolute Gasteiger partial charge is 0.481 e. The van der Waals surface area contributed by atoms with Gasteiger partial charge in [0.1, 0.15) is 0 Å². The second-order valence-corrected chi connectivity index (χ2v) is 5.90. The Hall–Kier alpha value is -0.710. The summed E-state index contributed by atoms with van der Waals surface area (Å²) in [6.45, 7) is 7.55. The maximum atomic E-state index is 11.4. The van der Waals surface area contributed by atoms with Crippen molar-refractivity contribution in [3.63, 3.8) is 0 Å². The summed E-state index contributed by atoms with van der Waals surface area (Å²) in [6.07, 6.45) is 0. The predicted octanol–water partition coefficient (Wildman–Crippen LogP) is 1.60. The van der Waals surface area contributed by atoms with E-state index in [2.05, 4.69) is 19.2 Å². The van der Waals surface area contributed by atoms with Crippen LogP contribution in [0.2, 0.25) is 0 Å². The van der Waals surface area contributed by atoms with E-state index in [0.29, 0.717) is 11.7 Å². The summed E-state index contributed by atoms with van der Waals surface area (Å²) in [5.74, 6) is 0.903. The summed E-state index contributed by atoms with van der Waals surface area (Å²) in [6, 6.07) is 0. The number of carboxylic acids is 1. The molecule has 0 unspecified atom stereocenters. The molecule has 0 fully saturated rings. The smallest absolute Gasteiger partial charge is 0.310 e. The van der Waals surface area contributed by atoms with E-state index < -0.39 is 11.4 Å². The first-order chi connectivity index (χ1) is 7.25. The van der Waals surface area contributed by atoms with E-state index in [9.17, 15) is 9.59 Å². The fourth-order valence-corrected chi connectivity index (χ4v) is 1.71. The minimum Gasteiger partial charge on any atom is -0.481 e. The molecule has 1 amide bonds. The maximum absolute atomic E-state index is 11.4. The zero-order chi connectivity index (χ0) is 12.8. The lowest BCUT2D eigenvalue weighted by Crippen LogP contribution is -2.39. The number of rotatable bonds is 7. The molecule has 0 aliphatic carbocycles. The molecule has 0 aromatic carbocycles. The van der Waals surface area contributed by atoms with Gasteiger partial charge in [-0.2, -0.15) is 11.8 Å². The number of carbonyl (C=O) groups is 2. The Morgan fingerprint density at radius 2 is 1.94 bits per heavy atom. The molecular formula is C11H21NO3S. The molecule has 0 aliphatic rings. The zero-order valence-corrected chi connectivity index (χ0v) is 11.2. The van der Waals surface area contributed by atoms with Crippen LogP contribution in [0.1, 0.15) is 27.7 Å². The van der Waals surface area contributed by atoms with Gasteiger partial charge in [0.2, 0.25) is 5.91 Å². The van der Waals surface area contributed by atoms with Gasteiger partial charge in [-0.3, -0.25) is 9.59 Å². The summed E-state index contributed by atoms with van der Waals surface area (Å²) >= 11 is 1.57. The highest BCUT2D eigenvalue weighted by Gasteiger charge is 2.27. The molecule has 0 saturated carbocycles. The third-order valence-electron chi connectivity index (χ3n) is 1.99. The number of hydrogen-bond donors (Lipinski definition) is 2. The van der Waals surface area contributed by atoms with Gasteiger partial charge in [-0.05, 0) is 25.5 Å². The topological polar surface area (TPSA) is 66.4 Å². The van der Waals surface area contributed by atoms with Crippen LogP contribution >= 0.6 is 11.8 Å². The third kappa shape index (κ3) is 6.71. The zero-order valence-electron chi connectivity index (χ0n) is 10.4. The van der Waals surface area contributed by atoms with Crippen molar-refractivity contribution in [3.8, 4) is 0 Å². The van der Waals surface area contributed by atoms with Gasteiger partial charge in [0.05, 0.1) is 11.2 Å². The summed E-state index contributed by atoms with van der Waals surface area (Å²) in [7, 11) is 0. The van der Waals surface area contributed by atoms with Gasteiger partial charge in [0, 0.05) is 6.54 Å². The van der Waals surface area contributed by atoms with Crippen molar-refractivity contribution in [2.45, 2.75) is 27.7 Å². The highest BCUT2D eigenvalue weighted by Crippen LogP contribution is 2.13. The van der Waals surface area contributed by atoms with Gasteiger partial charge in [-0.15, -0.1) is 0 Å². The van der Waals surface area contributed by atoms with Gasteiger partial charge >= 0.3 is 5.97 Å². The van der Waals surface area contributed by atoms with Gasteiger partial charge in [0.25, 0.3) is 0 Å². The first-order valence-electron chi connectivity index (χ1n) is 5.33. The first kappa shape index (κ1) is 15.3. The number of carboxylic acid groups (broad SMARTS) is 1. The monoisotopic (exact) mass is 247 g/mol. The van der Waals surface area contributed by atoms with Crippen LogP contribution in [0.15, 0.2) is 0 Å². The minimum absolute atomic E-state index is 0.0972. The molecule has 0 rings (SSSR count). The highest BCUT2D eigenvalue weighted by atomic mass is 32.2. The Morgan fingerprint density at radius 1 is 1.38 bits per heavy atom. The Kier molecular flexibility index (Phi) is 6.48. The van der Waals surface area contributed by atoms with Crippen molar-refractivity contribution < 1.29 is 14.7 Å². The molecule has 5 heteroatoms. The van der Waals surface area contributed by atoms with Crippen LogP contribution < -0.4 is 5.32 Å². The van der Waals surface area contributed by atoms with Crippen LogP contribution in [-0.4, -0.2) is 35.0 Å². The van der Waals surface area contributed by atoms with E-state index in [-0.39, 0.29) is 12.5 Å². The van der Waals surface area contributed by atoms with Crippen molar-refractivity contribution in [1.29, 1.82) is 0 Å². The average Bonchev–Trinajstić information content (AvgIpc) is 2.14. The molecule has 94 valence electrons. The SMILES string of the molecule is CC(C)CSCC(=O)NCC(C)(C)C(=O)O. The molecule has 2 N–H and O–H groups in total. The normalized spacial score (nSPS) is 11.6. The van der Waals surface area contributed by atoms with Crippen molar-refractivity contribution in [2.75, 3.05) is 18.1 Å². The molecule has 0 aromatic heterocycles. The molecule has 16 heavy (non-hydrogen) atoms. The number of thioether (sulfide) groups is 1. The number of hydrogen-bond acceptors (Lipinski definition) is 3. The molecule has 0 atom stereocenters. The van der Waals surface area contributed by atoms with E-state index in [0.717, 1.165) is 5.75 Å². The van der Waals surface area contributed by atoms with E-state index >= 15 is 0 Å².